The average Bonchev–Trinajstić information content (AvgIpc) is 3.27. The number of pyridine rings is 1. The van der Waals surface area contributed by atoms with Crippen LogP contribution < -0.4 is 5.73 Å². The second-order valence-corrected chi connectivity index (χ2v) is 7.96. The summed E-state index contributed by atoms with van der Waals surface area (Å²) in [5.41, 5.74) is 7.78. The Kier molecular flexibility index (Phi) is 6.85. The van der Waals surface area contributed by atoms with Crippen molar-refractivity contribution < 1.29 is 9.53 Å². The molecule has 0 aromatic carbocycles. The first kappa shape index (κ1) is 20.8. The molecule has 0 saturated heterocycles. The molecular formula is C19H20N6O2S2. The van der Waals surface area contributed by atoms with Gasteiger partial charge in [0.05, 0.1) is 12.2 Å². The molecule has 2 N–H and O–H groups in total. The van der Waals surface area contributed by atoms with Gasteiger partial charge in [0, 0.05) is 35.8 Å². The number of thiophene rings is 1. The van der Waals surface area contributed by atoms with E-state index in [0.29, 0.717) is 31.9 Å². The van der Waals surface area contributed by atoms with Crippen LogP contribution in [0.3, 0.4) is 0 Å². The number of nitriles is 1. The van der Waals surface area contributed by atoms with E-state index in [9.17, 15) is 10.1 Å². The van der Waals surface area contributed by atoms with Gasteiger partial charge in [0.15, 0.2) is 11.0 Å². The van der Waals surface area contributed by atoms with Gasteiger partial charge in [-0.15, -0.1) is 21.5 Å². The van der Waals surface area contributed by atoms with E-state index in [1.807, 2.05) is 16.7 Å². The summed E-state index contributed by atoms with van der Waals surface area (Å²) in [6, 6.07) is 5.87. The lowest BCUT2D eigenvalue weighted by molar-refractivity contribution is 0.0531. The molecule has 0 aliphatic rings. The van der Waals surface area contributed by atoms with Crippen molar-refractivity contribution in [2.45, 2.75) is 37.7 Å². The Morgan fingerprint density at radius 1 is 1.34 bits per heavy atom. The molecule has 10 heteroatoms. The van der Waals surface area contributed by atoms with Crippen LogP contribution in [-0.2, 0) is 17.0 Å². The summed E-state index contributed by atoms with van der Waals surface area (Å²) in [4.78, 5) is 16.7. The van der Waals surface area contributed by atoms with Gasteiger partial charge in [0.1, 0.15) is 15.9 Å². The van der Waals surface area contributed by atoms with Crippen molar-refractivity contribution in [3.05, 3.63) is 40.5 Å². The molecule has 3 aromatic heterocycles. The number of hydrogen-bond acceptors (Lipinski definition) is 9. The highest BCUT2D eigenvalue weighted by atomic mass is 32.2. The molecular weight excluding hydrogens is 408 g/mol. The highest BCUT2D eigenvalue weighted by Gasteiger charge is 2.24. The zero-order valence-electron chi connectivity index (χ0n) is 16.1. The molecule has 0 unspecified atom stereocenters. The fraction of sp³-hybridized carbons (Fsp3) is 0.316. The first-order chi connectivity index (χ1) is 14.1. The molecule has 0 spiro atoms. The Bertz CT molecular complexity index is 1040. The minimum absolute atomic E-state index is 0.255. The third kappa shape index (κ3) is 4.41. The number of rotatable bonds is 8. The number of nitrogen functional groups attached to an aromatic ring is 1. The molecule has 3 rings (SSSR count). The number of thioether (sulfide) groups is 1. The van der Waals surface area contributed by atoms with Crippen molar-refractivity contribution in [2.24, 2.45) is 0 Å². The third-order valence-corrected chi connectivity index (χ3v) is 6.09. The van der Waals surface area contributed by atoms with Gasteiger partial charge in [-0.2, -0.15) is 5.26 Å². The van der Waals surface area contributed by atoms with Gasteiger partial charge >= 0.3 is 5.97 Å². The number of carbonyl (C=O) groups excluding carboxylic acids is 1. The quantitative estimate of drug-likeness (QED) is 0.426. The van der Waals surface area contributed by atoms with E-state index in [0.717, 1.165) is 35.7 Å². The zero-order valence-corrected chi connectivity index (χ0v) is 17.7. The van der Waals surface area contributed by atoms with Crippen molar-refractivity contribution in [1.82, 2.24) is 19.7 Å². The highest BCUT2D eigenvalue weighted by Crippen LogP contribution is 2.36. The van der Waals surface area contributed by atoms with Crippen molar-refractivity contribution >= 4 is 34.1 Å². The second-order valence-electron chi connectivity index (χ2n) is 5.96. The molecule has 0 bridgehead atoms. The average molecular weight is 429 g/mol. The maximum absolute atomic E-state index is 12.3. The molecule has 0 saturated carbocycles. The van der Waals surface area contributed by atoms with Crippen LogP contribution in [0.2, 0.25) is 0 Å². The monoisotopic (exact) mass is 428 g/mol. The van der Waals surface area contributed by atoms with Crippen LogP contribution in [-0.4, -0.2) is 32.3 Å². The standard InChI is InChI=1S/C19H20N6O2S2/c1-3-9-25-17(12-5-7-22-8-6-12)23-24-19(25)28-11-14-13(10-20)16(21)29-15(14)18(26)27-4-2/h5-8H,3-4,9,11,21H2,1-2H3. The Labute approximate surface area is 176 Å². The van der Waals surface area contributed by atoms with E-state index >= 15 is 0 Å². The summed E-state index contributed by atoms with van der Waals surface area (Å²) in [6.45, 7) is 4.82. The molecule has 3 aromatic rings. The molecule has 29 heavy (non-hydrogen) atoms. The fourth-order valence-electron chi connectivity index (χ4n) is 2.78. The van der Waals surface area contributed by atoms with Gasteiger partial charge < -0.3 is 15.0 Å². The Morgan fingerprint density at radius 3 is 2.76 bits per heavy atom. The molecule has 150 valence electrons. The van der Waals surface area contributed by atoms with Gasteiger partial charge in [0.2, 0.25) is 0 Å². The molecule has 0 radical (unpaired) electrons. The zero-order chi connectivity index (χ0) is 20.8. The van der Waals surface area contributed by atoms with E-state index in [4.69, 9.17) is 10.5 Å². The number of aromatic nitrogens is 4. The van der Waals surface area contributed by atoms with Gasteiger partial charge in [0.25, 0.3) is 0 Å². The third-order valence-electron chi connectivity index (χ3n) is 4.06. The van der Waals surface area contributed by atoms with E-state index in [-0.39, 0.29) is 6.61 Å². The van der Waals surface area contributed by atoms with Crippen molar-refractivity contribution in [2.75, 3.05) is 12.3 Å². The predicted octanol–water partition coefficient (Wildman–Crippen LogP) is 3.73. The first-order valence-corrected chi connectivity index (χ1v) is 10.9. The summed E-state index contributed by atoms with van der Waals surface area (Å²) in [5, 5.41) is 19.2. The molecule has 0 atom stereocenters. The molecule has 0 amide bonds. The van der Waals surface area contributed by atoms with Crippen LogP contribution in [0.5, 0.6) is 0 Å². The predicted molar refractivity (Wildman–Crippen MR) is 113 cm³/mol. The largest absolute Gasteiger partial charge is 0.462 e. The highest BCUT2D eigenvalue weighted by molar-refractivity contribution is 7.98. The maximum Gasteiger partial charge on any atom is 0.348 e. The van der Waals surface area contributed by atoms with Crippen molar-refractivity contribution in [1.29, 1.82) is 5.26 Å². The molecule has 3 heterocycles. The molecule has 0 aliphatic carbocycles. The molecule has 0 aliphatic heterocycles. The van der Waals surface area contributed by atoms with E-state index in [1.165, 1.54) is 11.8 Å². The van der Waals surface area contributed by atoms with Gasteiger partial charge in [-0.1, -0.05) is 18.7 Å². The van der Waals surface area contributed by atoms with Crippen molar-refractivity contribution in [3.8, 4) is 17.5 Å². The number of esters is 1. The van der Waals surface area contributed by atoms with Gasteiger partial charge in [-0.3, -0.25) is 4.98 Å². The topological polar surface area (TPSA) is 120 Å². The number of nitrogens with zero attached hydrogens (tertiary/aromatic N) is 5. The Morgan fingerprint density at radius 2 is 2.10 bits per heavy atom. The lowest BCUT2D eigenvalue weighted by Crippen LogP contribution is -2.06. The SMILES string of the molecule is CCCn1c(SCc2c(C(=O)OCC)sc(N)c2C#N)nnc1-c1ccncc1. The summed E-state index contributed by atoms with van der Waals surface area (Å²) in [5.74, 6) is 0.657. The van der Waals surface area contributed by atoms with Gasteiger partial charge in [-0.25, -0.2) is 4.79 Å². The van der Waals surface area contributed by atoms with E-state index < -0.39 is 5.97 Å². The number of hydrogen-bond donors (Lipinski definition) is 1. The fourth-order valence-corrected chi connectivity index (χ4v) is 4.79. The van der Waals surface area contributed by atoms with Gasteiger partial charge in [-0.05, 0) is 25.5 Å². The molecule has 0 fully saturated rings. The van der Waals surface area contributed by atoms with Crippen LogP contribution in [0.4, 0.5) is 5.00 Å². The minimum atomic E-state index is -0.464. The normalized spacial score (nSPS) is 10.7. The van der Waals surface area contributed by atoms with Crippen LogP contribution >= 0.6 is 23.1 Å². The summed E-state index contributed by atoms with van der Waals surface area (Å²) in [6.07, 6.45) is 4.34. The minimum Gasteiger partial charge on any atom is -0.462 e. The lowest BCUT2D eigenvalue weighted by atomic mass is 10.2. The van der Waals surface area contributed by atoms with E-state index in [1.54, 1.807) is 19.3 Å². The van der Waals surface area contributed by atoms with Crippen LogP contribution in [0.15, 0.2) is 29.7 Å². The second kappa shape index (κ2) is 9.54. The van der Waals surface area contributed by atoms with Crippen LogP contribution in [0.1, 0.15) is 41.1 Å². The number of anilines is 1. The summed E-state index contributed by atoms with van der Waals surface area (Å²) >= 11 is 2.50. The van der Waals surface area contributed by atoms with E-state index in [2.05, 4.69) is 28.2 Å². The smallest absolute Gasteiger partial charge is 0.348 e. The first-order valence-electron chi connectivity index (χ1n) is 9.05. The number of nitrogens with two attached hydrogens (primary N) is 1. The lowest BCUT2D eigenvalue weighted by Gasteiger charge is -2.09. The Hall–Kier alpha value is -2.90. The van der Waals surface area contributed by atoms with Crippen molar-refractivity contribution in [3.63, 3.8) is 0 Å². The maximum atomic E-state index is 12.3. The number of carbonyl (C=O) groups is 1. The molecule has 8 nitrogen and oxygen atoms in total. The Balaban J connectivity index is 1.92. The summed E-state index contributed by atoms with van der Waals surface area (Å²) in [7, 11) is 0. The summed E-state index contributed by atoms with van der Waals surface area (Å²) < 4.78 is 7.15. The number of ether oxygens (including phenoxy) is 1. The van der Waals surface area contributed by atoms with Crippen LogP contribution in [0.25, 0.3) is 11.4 Å². The van der Waals surface area contributed by atoms with Crippen LogP contribution in [0, 0.1) is 11.3 Å².